The van der Waals surface area contributed by atoms with Crippen LogP contribution in [0.4, 0.5) is 5.82 Å². The summed E-state index contributed by atoms with van der Waals surface area (Å²) in [5, 5.41) is 10.0. The molecule has 2 aromatic rings. The molecule has 1 aromatic heterocycles. The summed E-state index contributed by atoms with van der Waals surface area (Å²) in [5.74, 6) is 0.988. The minimum Gasteiger partial charge on any atom is -0.481 e. The van der Waals surface area contributed by atoms with Crippen LogP contribution >= 0.6 is 0 Å². The normalized spacial score (nSPS) is 20.2. The van der Waals surface area contributed by atoms with Gasteiger partial charge in [-0.25, -0.2) is 9.97 Å². The first-order valence-corrected chi connectivity index (χ1v) is 9.39. The van der Waals surface area contributed by atoms with E-state index in [0.717, 1.165) is 48.7 Å². The SMILES string of the molecule is CCCc1nc(C)cc(N2CCC[C@](Cc3ccccc3)(C(=O)O)C2)n1. The van der Waals surface area contributed by atoms with Crippen LogP contribution in [0.5, 0.6) is 0 Å². The highest BCUT2D eigenvalue weighted by atomic mass is 16.4. The number of aliphatic carboxylic acids is 1. The van der Waals surface area contributed by atoms with E-state index in [4.69, 9.17) is 4.98 Å². The van der Waals surface area contributed by atoms with Crippen molar-refractivity contribution in [2.45, 2.75) is 46.0 Å². The molecule has 1 aromatic carbocycles. The maximum absolute atomic E-state index is 12.2. The lowest BCUT2D eigenvalue weighted by Crippen LogP contribution is -2.49. The molecule has 5 nitrogen and oxygen atoms in total. The number of aryl methyl sites for hydroxylation is 2. The zero-order valence-electron chi connectivity index (χ0n) is 15.6. The van der Waals surface area contributed by atoms with Gasteiger partial charge in [0.1, 0.15) is 11.6 Å². The molecule has 0 radical (unpaired) electrons. The summed E-state index contributed by atoms with van der Waals surface area (Å²) in [7, 11) is 0. The number of aromatic nitrogens is 2. The van der Waals surface area contributed by atoms with Gasteiger partial charge in [-0.3, -0.25) is 4.79 Å². The van der Waals surface area contributed by atoms with Crippen molar-refractivity contribution in [2.24, 2.45) is 5.41 Å². The predicted octanol–water partition coefficient (Wildman–Crippen LogP) is 3.65. The first kappa shape index (κ1) is 18.4. The summed E-state index contributed by atoms with van der Waals surface area (Å²) in [5.41, 5.74) is 1.24. The molecule has 0 aliphatic carbocycles. The minimum atomic E-state index is -0.774. The Bertz CT molecular complexity index is 763. The van der Waals surface area contributed by atoms with Crippen LogP contribution < -0.4 is 4.90 Å². The number of carboxylic acid groups (broad SMARTS) is 1. The van der Waals surface area contributed by atoms with Gasteiger partial charge in [-0.05, 0) is 38.2 Å². The number of nitrogens with zero attached hydrogens (tertiary/aromatic N) is 3. The Labute approximate surface area is 155 Å². The van der Waals surface area contributed by atoms with E-state index in [9.17, 15) is 9.90 Å². The summed E-state index contributed by atoms with van der Waals surface area (Å²) in [4.78, 5) is 23.6. The second-order valence-corrected chi connectivity index (χ2v) is 7.31. The van der Waals surface area contributed by atoms with Crippen LogP contribution in [0.3, 0.4) is 0 Å². The molecule has 1 saturated heterocycles. The molecule has 3 rings (SSSR count). The Morgan fingerprint density at radius 1 is 1.27 bits per heavy atom. The van der Waals surface area contributed by atoms with Crippen LogP contribution in [-0.2, 0) is 17.6 Å². The number of carbonyl (C=O) groups is 1. The summed E-state index contributed by atoms with van der Waals surface area (Å²) in [6.45, 7) is 5.41. The molecule has 0 spiro atoms. The van der Waals surface area contributed by atoms with Crippen LogP contribution in [0.1, 0.15) is 43.3 Å². The lowest BCUT2D eigenvalue weighted by molar-refractivity contribution is -0.149. The molecule has 0 unspecified atom stereocenters. The number of carboxylic acids is 1. The van der Waals surface area contributed by atoms with Crippen LogP contribution in [-0.4, -0.2) is 34.1 Å². The van der Waals surface area contributed by atoms with Crippen LogP contribution in [0.25, 0.3) is 0 Å². The molecule has 26 heavy (non-hydrogen) atoms. The average Bonchev–Trinajstić information content (AvgIpc) is 2.62. The molecule has 1 atom stereocenters. The van der Waals surface area contributed by atoms with E-state index in [2.05, 4.69) is 16.8 Å². The van der Waals surface area contributed by atoms with Gasteiger partial charge in [-0.15, -0.1) is 0 Å². The number of hydrogen-bond donors (Lipinski definition) is 1. The summed E-state index contributed by atoms with van der Waals surface area (Å²) in [6.07, 6.45) is 3.93. The topological polar surface area (TPSA) is 66.3 Å². The van der Waals surface area contributed by atoms with Crippen molar-refractivity contribution in [2.75, 3.05) is 18.0 Å². The molecule has 1 fully saturated rings. The highest BCUT2D eigenvalue weighted by Crippen LogP contribution is 2.36. The monoisotopic (exact) mass is 353 g/mol. The predicted molar refractivity (Wildman–Crippen MR) is 102 cm³/mol. The van der Waals surface area contributed by atoms with Gasteiger partial charge < -0.3 is 10.0 Å². The van der Waals surface area contributed by atoms with E-state index >= 15 is 0 Å². The van der Waals surface area contributed by atoms with Gasteiger partial charge in [0.25, 0.3) is 0 Å². The maximum atomic E-state index is 12.2. The van der Waals surface area contributed by atoms with Crippen molar-refractivity contribution in [1.29, 1.82) is 0 Å². The Balaban J connectivity index is 1.88. The molecule has 138 valence electrons. The number of anilines is 1. The van der Waals surface area contributed by atoms with Crippen molar-refractivity contribution >= 4 is 11.8 Å². The highest BCUT2D eigenvalue weighted by molar-refractivity contribution is 5.76. The maximum Gasteiger partial charge on any atom is 0.311 e. The highest BCUT2D eigenvalue weighted by Gasteiger charge is 2.43. The average molecular weight is 353 g/mol. The number of rotatable bonds is 6. The third-order valence-corrected chi connectivity index (χ3v) is 5.10. The van der Waals surface area contributed by atoms with Gasteiger partial charge in [-0.2, -0.15) is 0 Å². The molecule has 0 amide bonds. The largest absolute Gasteiger partial charge is 0.481 e. The Morgan fingerprint density at radius 2 is 2.04 bits per heavy atom. The fourth-order valence-corrected chi connectivity index (χ4v) is 3.82. The minimum absolute atomic E-state index is 0.485. The van der Waals surface area contributed by atoms with Crippen molar-refractivity contribution in [3.8, 4) is 0 Å². The first-order valence-electron chi connectivity index (χ1n) is 9.39. The molecule has 1 N–H and O–H groups in total. The first-order chi connectivity index (χ1) is 12.5. The lowest BCUT2D eigenvalue weighted by Gasteiger charge is -2.40. The molecule has 0 bridgehead atoms. The summed E-state index contributed by atoms with van der Waals surface area (Å²) >= 11 is 0. The molecule has 5 heteroatoms. The Kier molecular flexibility index (Phi) is 5.55. The van der Waals surface area contributed by atoms with Crippen molar-refractivity contribution in [3.63, 3.8) is 0 Å². The van der Waals surface area contributed by atoms with Crippen LogP contribution in [0.2, 0.25) is 0 Å². The van der Waals surface area contributed by atoms with E-state index in [1.807, 2.05) is 43.3 Å². The Morgan fingerprint density at radius 3 is 2.73 bits per heavy atom. The summed E-state index contributed by atoms with van der Waals surface area (Å²) < 4.78 is 0. The fourth-order valence-electron chi connectivity index (χ4n) is 3.82. The molecule has 0 saturated carbocycles. The van der Waals surface area contributed by atoms with Gasteiger partial charge in [0, 0.05) is 31.3 Å². The van der Waals surface area contributed by atoms with E-state index in [1.54, 1.807) is 0 Å². The quantitative estimate of drug-likeness (QED) is 0.859. The smallest absolute Gasteiger partial charge is 0.311 e. The molecule has 2 heterocycles. The van der Waals surface area contributed by atoms with Gasteiger partial charge in [0.05, 0.1) is 5.41 Å². The lowest BCUT2D eigenvalue weighted by atomic mass is 9.75. The van der Waals surface area contributed by atoms with Gasteiger partial charge in [0.15, 0.2) is 0 Å². The van der Waals surface area contributed by atoms with E-state index in [-0.39, 0.29) is 0 Å². The summed E-state index contributed by atoms with van der Waals surface area (Å²) in [6, 6.07) is 11.9. The number of benzene rings is 1. The van der Waals surface area contributed by atoms with Gasteiger partial charge in [-0.1, -0.05) is 37.3 Å². The van der Waals surface area contributed by atoms with Gasteiger partial charge >= 0.3 is 5.97 Å². The van der Waals surface area contributed by atoms with Gasteiger partial charge in [0.2, 0.25) is 0 Å². The van der Waals surface area contributed by atoms with E-state index in [0.29, 0.717) is 19.4 Å². The van der Waals surface area contributed by atoms with E-state index in [1.165, 1.54) is 0 Å². The zero-order valence-corrected chi connectivity index (χ0v) is 15.6. The van der Waals surface area contributed by atoms with Crippen LogP contribution in [0, 0.1) is 12.3 Å². The molecular formula is C21H27N3O2. The van der Waals surface area contributed by atoms with E-state index < -0.39 is 11.4 Å². The molecular weight excluding hydrogens is 326 g/mol. The third kappa shape index (κ3) is 4.03. The number of piperidine rings is 1. The molecule has 1 aliphatic heterocycles. The van der Waals surface area contributed by atoms with Crippen molar-refractivity contribution in [1.82, 2.24) is 9.97 Å². The number of hydrogen-bond acceptors (Lipinski definition) is 4. The molecule has 1 aliphatic rings. The third-order valence-electron chi connectivity index (χ3n) is 5.10. The van der Waals surface area contributed by atoms with Crippen molar-refractivity contribution < 1.29 is 9.90 Å². The second kappa shape index (κ2) is 7.85. The Hall–Kier alpha value is -2.43. The zero-order chi connectivity index (χ0) is 18.6. The standard InChI is InChI=1S/C21H27N3O2/c1-3-8-18-22-16(2)13-19(23-18)24-12-7-11-21(15-24,20(25)26)14-17-9-5-4-6-10-17/h4-6,9-10,13H,3,7-8,11-12,14-15H2,1-2H3,(H,25,26)/t21-/m1/s1. The van der Waals surface area contributed by atoms with Crippen molar-refractivity contribution in [3.05, 3.63) is 53.5 Å². The van der Waals surface area contributed by atoms with Crippen LogP contribution in [0.15, 0.2) is 36.4 Å². The second-order valence-electron chi connectivity index (χ2n) is 7.31. The fraction of sp³-hybridized carbons (Fsp3) is 0.476.